The van der Waals surface area contributed by atoms with Crippen molar-refractivity contribution >= 4 is 26.8 Å². The smallest absolute Gasteiger partial charge is 0.256 e. The molecule has 26 heavy (non-hydrogen) atoms. The lowest BCUT2D eigenvalue weighted by Gasteiger charge is -2.15. The van der Waals surface area contributed by atoms with Crippen LogP contribution in [-0.2, 0) is 17.1 Å². The van der Waals surface area contributed by atoms with E-state index in [1.54, 1.807) is 17.7 Å². The summed E-state index contributed by atoms with van der Waals surface area (Å²) in [6, 6.07) is 4.50. The molecule has 140 valence electrons. The topological polar surface area (TPSA) is 88.5 Å². The number of nitrogens with one attached hydrogen (secondary N) is 1. The lowest BCUT2D eigenvalue weighted by Crippen LogP contribution is -2.36. The molecule has 1 fully saturated rings. The molecule has 1 saturated carbocycles. The van der Waals surface area contributed by atoms with E-state index in [4.69, 9.17) is 0 Å². The molecule has 1 amide bonds. The summed E-state index contributed by atoms with van der Waals surface area (Å²) in [7, 11) is 0.933. The number of rotatable bonds is 4. The molecule has 0 radical (unpaired) electrons. The largest absolute Gasteiger partial charge is 0.350 e. The van der Waals surface area contributed by atoms with E-state index in [-0.39, 0.29) is 21.9 Å². The number of benzene rings is 1. The number of pyridine rings is 1. The number of fused-ring (bicyclic) bond motifs is 1. The highest BCUT2D eigenvalue weighted by atomic mass is 32.2. The predicted molar refractivity (Wildman–Crippen MR) is 99.8 cm³/mol. The normalized spacial score (nSPS) is 15.7. The maximum absolute atomic E-state index is 12.9. The fourth-order valence-electron chi connectivity index (χ4n) is 3.34. The monoisotopic (exact) mass is 377 g/mol. The van der Waals surface area contributed by atoms with Crippen molar-refractivity contribution in [3.8, 4) is 0 Å². The summed E-state index contributed by atoms with van der Waals surface area (Å²) in [6.45, 7) is 0. The third-order valence-electron chi connectivity index (χ3n) is 4.87. The zero-order chi connectivity index (χ0) is 19.1. The highest BCUT2D eigenvalue weighted by Gasteiger charge is 2.22. The number of carbonyl (C=O) groups excluding carboxylic acids is 1. The van der Waals surface area contributed by atoms with Crippen LogP contribution in [0.1, 0.15) is 36.0 Å². The molecule has 1 aromatic carbocycles. The van der Waals surface area contributed by atoms with Gasteiger partial charge in [0.1, 0.15) is 5.56 Å². The molecule has 0 saturated heterocycles. The Kier molecular flexibility index (Phi) is 4.90. The van der Waals surface area contributed by atoms with E-state index < -0.39 is 21.4 Å². The molecule has 0 unspecified atom stereocenters. The van der Waals surface area contributed by atoms with Crippen LogP contribution >= 0.6 is 0 Å². The van der Waals surface area contributed by atoms with Crippen molar-refractivity contribution in [3.05, 3.63) is 40.2 Å². The zero-order valence-electron chi connectivity index (χ0n) is 15.2. The highest BCUT2D eigenvalue weighted by Crippen LogP contribution is 2.20. The van der Waals surface area contributed by atoms with Crippen molar-refractivity contribution in [2.24, 2.45) is 7.05 Å². The number of sulfonamides is 1. The van der Waals surface area contributed by atoms with Crippen molar-refractivity contribution in [3.63, 3.8) is 0 Å². The van der Waals surface area contributed by atoms with Gasteiger partial charge in [-0.05, 0) is 31.0 Å². The van der Waals surface area contributed by atoms with E-state index in [2.05, 4.69) is 5.32 Å². The Morgan fingerprint density at radius 1 is 1.23 bits per heavy atom. The molecule has 1 aliphatic carbocycles. The van der Waals surface area contributed by atoms with Gasteiger partial charge < -0.3 is 9.88 Å². The first kappa shape index (κ1) is 18.6. The summed E-state index contributed by atoms with van der Waals surface area (Å²) in [4.78, 5) is 25.4. The molecule has 0 bridgehead atoms. The molecule has 1 N–H and O–H groups in total. The summed E-state index contributed by atoms with van der Waals surface area (Å²) >= 11 is 0. The second-order valence-corrected chi connectivity index (χ2v) is 9.06. The van der Waals surface area contributed by atoms with Crippen LogP contribution < -0.4 is 10.7 Å². The van der Waals surface area contributed by atoms with Crippen LogP contribution in [0.2, 0.25) is 0 Å². The van der Waals surface area contributed by atoms with Crippen molar-refractivity contribution in [2.75, 3.05) is 14.1 Å². The molecule has 3 rings (SSSR count). The molecule has 1 aliphatic rings. The molecule has 1 heterocycles. The first-order valence-electron chi connectivity index (χ1n) is 8.58. The number of aryl methyl sites for hydroxylation is 1. The van der Waals surface area contributed by atoms with E-state index in [9.17, 15) is 18.0 Å². The molecule has 0 aliphatic heterocycles. The first-order chi connectivity index (χ1) is 12.2. The molecule has 1 aromatic heterocycles. The SMILES string of the molecule is CN(C)S(=O)(=O)c1ccc2c(c1)c(=O)c(C(=O)NC1CCCC1)cn2C. The molecule has 0 atom stereocenters. The van der Waals surface area contributed by atoms with Crippen LogP contribution in [-0.4, -0.2) is 43.3 Å². The summed E-state index contributed by atoms with van der Waals surface area (Å²) in [5, 5.41) is 3.13. The lowest BCUT2D eigenvalue weighted by molar-refractivity contribution is 0.0936. The summed E-state index contributed by atoms with van der Waals surface area (Å²) < 4.78 is 27.5. The summed E-state index contributed by atoms with van der Waals surface area (Å²) in [5.74, 6) is -0.403. The van der Waals surface area contributed by atoms with Gasteiger partial charge in [0.2, 0.25) is 15.5 Å². The van der Waals surface area contributed by atoms with Crippen molar-refractivity contribution in [2.45, 2.75) is 36.6 Å². The number of carbonyl (C=O) groups is 1. The average molecular weight is 377 g/mol. The minimum Gasteiger partial charge on any atom is -0.350 e. The van der Waals surface area contributed by atoms with Gasteiger partial charge in [-0.1, -0.05) is 12.8 Å². The van der Waals surface area contributed by atoms with E-state index in [0.29, 0.717) is 5.52 Å². The minimum atomic E-state index is -3.67. The predicted octanol–water partition coefficient (Wildman–Crippen LogP) is 1.46. The van der Waals surface area contributed by atoms with Gasteiger partial charge in [0.15, 0.2) is 0 Å². The fourth-order valence-corrected chi connectivity index (χ4v) is 4.27. The van der Waals surface area contributed by atoms with Gasteiger partial charge in [-0.3, -0.25) is 9.59 Å². The Labute approximate surface area is 152 Å². The number of nitrogens with zero attached hydrogens (tertiary/aromatic N) is 2. The number of amides is 1. The van der Waals surface area contributed by atoms with Gasteiger partial charge in [-0.15, -0.1) is 0 Å². The Bertz CT molecular complexity index is 1020. The van der Waals surface area contributed by atoms with Crippen molar-refractivity contribution < 1.29 is 13.2 Å². The van der Waals surface area contributed by atoms with E-state index in [0.717, 1.165) is 30.0 Å². The van der Waals surface area contributed by atoms with Crippen LogP contribution in [0, 0.1) is 0 Å². The van der Waals surface area contributed by atoms with Gasteiger partial charge in [0.25, 0.3) is 5.91 Å². The van der Waals surface area contributed by atoms with Crippen LogP contribution in [0.25, 0.3) is 10.9 Å². The number of hydrogen-bond donors (Lipinski definition) is 1. The Balaban J connectivity index is 2.10. The van der Waals surface area contributed by atoms with E-state index >= 15 is 0 Å². The zero-order valence-corrected chi connectivity index (χ0v) is 16.0. The third kappa shape index (κ3) is 3.26. The van der Waals surface area contributed by atoms with Crippen LogP contribution in [0.15, 0.2) is 34.1 Å². The number of aromatic nitrogens is 1. The van der Waals surface area contributed by atoms with Gasteiger partial charge in [-0.25, -0.2) is 12.7 Å². The third-order valence-corrected chi connectivity index (χ3v) is 6.68. The Hall–Kier alpha value is -2.19. The molecular weight excluding hydrogens is 354 g/mol. The quantitative estimate of drug-likeness (QED) is 0.874. The second-order valence-electron chi connectivity index (χ2n) is 6.90. The Morgan fingerprint density at radius 3 is 2.50 bits per heavy atom. The lowest BCUT2D eigenvalue weighted by atomic mass is 10.1. The van der Waals surface area contributed by atoms with E-state index in [1.807, 2.05) is 0 Å². The van der Waals surface area contributed by atoms with E-state index in [1.165, 1.54) is 32.4 Å². The molecule has 8 heteroatoms. The van der Waals surface area contributed by atoms with Crippen molar-refractivity contribution in [1.82, 2.24) is 14.2 Å². The average Bonchev–Trinajstić information content (AvgIpc) is 3.10. The fraction of sp³-hybridized carbons (Fsp3) is 0.444. The highest BCUT2D eigenvalue weighted by molar-refractivity contribution is 7.89. The maximum atomic E-state index is 12.9. The molecule has 0 spiro atoms. The Morgan fingerprint density at radius 2 is 1.88 bits per heavy atom. The molecular formula is C18H23N3O4S. The first-order valence-corrected chi connectivity index (χ1v) is 10.0. The van der Waals surface area contributed by atoms with Crippen LogP contribution in [0.5, 0.6) is 0 Å². The van der Waals surface area contributed by atoms with Gasteiger partial charge in [0.05, 0.1) is 10.4 Å². The van der Waals surface area contributed by atoms with Crippen LogP contribution in [0.4, 0.5) is 0 Å². The van der Waals surface area contributed by atoms with Gasteiger partial charge >= 0.3 is 0 Å². The maximum Gasteiger partial charge on any atom is 0.256 e. The summed E-state index contributed by atoms with van der Waals surface area (Å²) in [5.41, 5.74) is 0.154. The standard InChI is InChI=1S/C18H23N3O4S/c1-20(2)26(24,25)13-8-9-16-14(10-13)17(22)15(11-21(16)3)18(23)19-12-6-4-5-7-12/h8-12H,4-7H2,1-3H3,(H,19,23). The number of hydrogen-bond acceptors (Lipinski definition) is 4. The summed E-state index contributed by atoms with van der Waals surface area (Å²) in [6.07, 6.45) is 5.50. The minimum absolute atomic E-state index is 0.0282. The van der Waals surface area contributed by atoms with Gasteiger partial charge in [0, 0.05) is 38.8 Å². The van der Waals surface area contributed by atoms with Gasteiger partial charge in [-0.2, -0.15) is 0 Å². The second kappa shape index (κ2) is 6.85. The van der Waals surface area contributed by atoms with Crippen LogP contribution in [0.3, 0.4) is 0 Å². The van der Waals surface area contributed by atoms with Crippen molar-refractivity contribution in [1.29, 1.82) is 0 Å². The molecule has 7 nitrogen and oxygen atoms in total. The molecule has 2 aromatic rings.